The van der Waals surface area contributed by atoms with Crippen LogP contribution in [0.5, 0.6) is 0 Å². The Balaban J connectivity index is 2.31. The Morgan fingerprint density at radius 2 is 2.06 bits per heavy atom. The van der Waals surface area contributed by atoms with Crippen LogP contribution in [0.3, 0.4) is 0 Å². The summed E-state index contributed by atoms with van der Waals surface area (Å²) in [6.45, 7) is 11.6. The van der Waals surface area contributed by atoms with Gasteiger partial charge in [-0.2, -0.15) is 0 Å². The number of aryl methyl sites for hydroxylation is 1. The molecule has 1 saturated heterocycles. The zero-order valence-corrected chi connectivity index (χ0v) is 11.3. The highest BCUT2D eigenvalue weighted by Gasteiger charge is 2.20. The predicted molar refractivity (Wildman–Crippen MR) is 71.4 cm³/mol. The Morgan fingerprint density at radius 3 is 2.65 bits per heavy atom. The molecule has 94 valence electrons. The lowest BCUT2D eigenvalue weighted by atomic mass is 9.84. The van der Waals surface area contributed by atoms with Crippen molar-refractivity contribution in [3.8, 4) is 0 Å². The first-order valence-corrected chi connectivity index (χ1v) is 6.42. The van der Waals surface area contributed by atoms with E-state index in [9.17, 15) is 0 Å². The summed E-state index contributed by atoms with van der Waals surface area (Å²) in [6, 6.07) is 6.76. The standard InChI is InChI=1S/C15H23NO/c1-11-5-6-12(15(2,3)4)9-13(11)14-10-16-7-8-17-14/h5-6,9,14,16H,7-8,10H2,1-4H3. The van der Waals surface area contributed by atoms with Gasteiger partial charge in [-0.15, -0.1) is 0 Å². The van der Waals surface area contributed by atoms with Gasteiger partial charge in [0.25, 0.3) is 0 Å². The summed E-state index contributed by atoms with van der Waals surface area (Å²) in [5.74, 6) is 0. The molecule has 2 heteroatoms. The van der Waals surface area contributed by atoms with Crippen LogP contribution in [0.1, 0.15) is 43.6 Å². The van der Waals surface area contributed by atoms with Gasteiger partial charge in [0.05, 0.1) is 12.7 Å². The van der Waals surface area contributed by atoms with E-state index in [4.69, 9.17) is 4.74 Å². The van der Waals surface area contributed by atoms with Crippen molar-refractivity contribution < 1.29 is 4.74 Å². The lowest BCUT2D eigenvalue weighted by Crippen LogP contribution is -2.33. The van der Waals surface area contributed by atoms with Gasteiger partial charge in [-0.05, 0) is 29.0 Å². The summed E-state index contributed by atoms with van der Waals surface area (Å²) in [4.78, 5) is 0. The van der Waals surface area contributed by atoms with Crippen molar-refractivity contribution in [1.29, 1.82) is 0 Å². The Morgan fingerprint density at radius 1 is 1.29 bits per heavy atom. The fourth-order valence-corrected chi connectivity index (χ4v) is 2.22. The van der Waals surface area contributed by atoms with E-state index < -0.39 is 0 Å². The number of nitrogens with one attached hydrogen (secondary N) is 1. The van der Waals surface area contributed by atoms with E-state index in [0.717, 1.165) is 19.7 Å². The molecule has 1 aromatic carbocycles. The van der Waals surface area contributed by atoms with E-state index in [0.29, 0.717) is 0 Å². The Hall–Kier alpha value is -0.860. The van der Waals surface area contributed by atoms with Gasteiger partial charge in [-0.1, -0.05) is 39.0 Å². The molecule has 0 radical (unpaired) electrons. The highest BCUT2D eigenvalue weighted by atomic mass is 16.5. The van der Waals surface area contributed by atoms with E-state index in [2.05, 4.69) is 51.2 Å². The van der Waals surface area contributed by atoms with Crippen LogP contribution in [0.2, 0.25) is 0 Å². The van der Waals surface area contributed by atoms with Gasteiger partial charge < -0.3 is 10.1 Å². The van der Waals surface area contributed by atoms with Crippen LogP contribution in [0.25, 0.3) is 0 Å². The Labute approximate surface area is 104 Å². The second-order valence-corrected chi connectivity index (χ2v) is 5.88. The van der Waals surface area contributed by atoms with Gasteiger partial charge >= 0.3 is 0 Å². The Kier molecular flexibility index (Phi) is 3.55. The summed E-state index contributed by atoms with van der Waals surface area (Å²) in [5.41, 5.74) is 4.24. The number of hydrogen-bond acceptors (Lipinski definition) is 2. The highest BCUT2D eigenvalue weighted by molar-refractivity contribution is 5.36. The van der Waals surface area contributed by atoms with Crippen molar-refractivity contribution in [1.82, 2.24) is 5.32 Å². The molecule has 1 N–H and O–H groups in total. The van der Waals surface area contributed by atoms with Gasteiger partial charge in [0.1, 0.15) is 0 Å². The molecular formula is C15H23NO. The summed E-state index contributed by atoms with van der Waals surface area (Å²) in [7, 11) is 0. The topological polar surface area (TPSA) is 21.3 Å². The van der Waals surface area contributed by atoms with E-state index >= 15 is 0 Å². The third-order valence-electron chi connectivity index (χ3n) is 3.42. The molecular weight excluding hydrogens is 210 g/mol. The minimum absolute atomic E-state index is 0.199. The average Bonchev–Trinajstić information content (AvgIpc) is 2.29. The molecule has 0 spiro atoms. The number of ether oxygens (including phenoxy) is 1. The van der Waals surface area contributed by atoms with E-state index in [-0.39, 0.29) is 11.5 Å². The largest absolute Gasteiger partial charge is 0.371 e. The molecule has 2 nitrogen and oxygen atoms in total. The first-order valence-electron chi connectivity index (χ1n) is 6.42. The molecule has 1 fully saturated rings. The summed E-state index contributed by atoms with van der Waals surface area (Å²) < 4.78 is 5.85. The van der Waals surface area contributed by atoms with Gasteiger partial charge in [-0.3, -0.25) is 0 Å². The third-order valence-corrected chi connectivity index (χ3v) is 3.42. The third kappa shape index (κ3) is 2.88. The summed E-state index contributed by atoms with van der Waals surface area (Å²) >= 11 is 0. The van der Waals surface area contributed by atoms with Crippen molar-refractivity contribution in [3.05, 3.63) is 34.9 Å². The fraction of sp³-hybridized carbons (Fsp3) is 0.600. The first-order chi connectivity index (χ1) is 7.98. The first kappa shape index (κ1) is 12.6. The smallest absolute Gasteiger partial charge is 0.0952 e. The highest BCUT2D eigenvalue weighted by Crippen LogP contribution is 2.29. The second kappa shape index (κ2) is 4.79. The van der Waals surface area contributed by atoms with Crippen molar-refractivity contribution in [3.63, 3.8) is 0 Å². The summed E-state index contributed by atoms with van der Waals surface area (Å²) in [6.07, 6.45) is 0.214. The second-order valence-electron chi connectivity index (χ2n) is 5.88. The molecule has 1 heterocycles. The van der Waals surface area contributed by atoms with Gasteiger partial charge in [0.2, 0.25) is 0 Å². The minimum atomic E-state index is 0.199. The molecule has 1 aliphatic heterocycles. The minimum Gasteiger partial charge on any atom is -0.371 e. The predicted octanol–water partition coefficient (Wildman–Crippen LogP) is 2.95. The molecule has 0 aromatic heterocycles. The maximum atomic E-state index is 5.85. The lowest BCUT2D eigenvalue weighted by Gasteiger charge is -2.27. The van der Waals surface area contributed by atoms with E-state index in [1.54, 1.807) is 0 Å². The number of rotatable bonds is 1. The zero-order valence-electron chi connectivity index (χ0n) is 11.3. The maximum Gasteiger partial charge on any atom is 0.0952 e. The van der Waals surface area contributed by atoms with Crippen LogP contribution >= 0.6 is 0 Å². The molecule has 0 bridgehead atoms. The normalized spacial score (nSPS) is 21.5. The molecule has 1 aliphatic rings. The van der Waals surface area contributed by atoms with E-state index in [1.807, 2.05) is 0 Å². The molecule has 1 aromatic rings. The quantitative estimate of drug-likeness (QED) is 0.805. The van der Waals surface area contributed by atoms with E-state index in [1.165, 1.54) is 16.7 Å². The Bertz CT molecular complexity index is 386. The number of morpholine rings is 1. The van der Waals surface area contributed by atoms with Crippen LogP contribution in [0.4, 0.5) is 0 Å². The van der Waals surface area contributed by atoms with Gasteiger partial charge in [-0.25, -0.2) is 0 Å². The maximum absolute atomic E-state index is 5.85. The van der Waals surface area contributed by atoms with Gasteiger partial charge in [0.15, 0.2) is 0 Å². The molecule has 2 rings (SSSR count). The summed E-state index contributed by atoms with van der Waals surface area (Å²) in [5, 5.41) is 3.39. The average molecular weight is 233 g/mol. The zero-order chi connectivity index (χ0) is 12.5. The van der Waals surface area contributed by atoms with Crippen LogP contribution in [-0.2, 0) is 10.2 Å². The molecule has 1 atom stereocenters. The van der Waals surface area contributed by atoms with Crippen LogP contribution < -0.4 is 5.32 Å². The lowest BCUT2D eigenvalue weighted by molar-refractivity contribution is 0.0272. The number of hydrogen-bond donors (Lipinski definition) is 1. The molecule has 1 unspecified atom stereocenters. The number of benzene rings is 1. The van der Waals surface area contributed by atoms with Crippen LogP contribution in [-0.4, -0.2) is 19.7 Å². The van der Waals surface area contributed by atoms with Crippen LogP contribution in [0.15, 0.2) is 18.2 Å². The fourth-order valence-electron chi connectivity index (χ4n) is 2.22. The van der Waals surface area contributed by atoms with Crippen molar-refractivity contribution >= 4 is 0 Å². The monoisotopic (exact) mass is 233 g/mol. The van der Waals surface area contributed by atoms with Crippen molar-refractivity contribution in [2.75, 3.05) is 19.7 Å². The molecule has 0 aliphatic carbocycles. The molecule has 17 heavy (non-hydrogen) atoms. The molecule has 0 saturated carbocycles. The SMILES string of the molecule is Cc1ccc(C(C)(C)C)cc1C1CNCCO1. The van der Waals surface area contributed by atoms with Crippen molar-refractivity contribution in [2.45, 2.75) is 39.2 Å². The van der Waals surface area contributed by atoms with Crippen LogP contribution in [0, 0.1) is 6.92 Å². The molecule has 0 amide bonds. The van der Waals surface area contributed by atoms with Crippen molar-refractivity contribution in [2.24, 2.45) is 0 Å². The van der Waals surface area contributed by atoms with Gasteiger partial charge in [0, 0.05) is 13.1 Å².